The van der Waals surface area contributed by atoms with Crippen LogP contribution in [0.5, 0.6) is 5.75 Å². The molecule has 5 atom stereocenters. The number of hydrogen-bond acceptors (Lipinski definition) is 6. The van der Waals surface area contributed by atoms with Crippen molar-refractivity contribution in [2.75, 3.05) is 64.4 Å². The van der Waals surface area contributed by atoms with Gasteiger partial charge in [-0.15, -0.1) is 0 Å². The lowest BCUT2D eigenvalue weighted by Gasteiger charge is -2.35. The number of carbonyl (C=O) groups is 3. The second-order valence-electron chi connectivity index (χ2n) is 15.0. The molecule has 4 aliphatic heterocycles. The van der Waals surface area contributed by atoms with Gasteiger partial charge in [0.1, 0.15) is 5.75 Å². The van der Waals surface area contributed by atoms with Crippen LogP contribution in [0.25, 0.3) is 0 Å². The number of carboxylic acids is 1. The normalized spacial score (nSPS) is 27.4. The summed E-state index contributed by atoms with van der Waals surface area (Å²) in [5.74, 6) is -2.96. The van der Waals surface area contributed by atoms with Crippen LogP contribution in [0.3, 0.4) is 0 Å². The second kappa shape index (κ2) is 15.2. The smallest absolute Gasteiger partial charge is 0.416 e. The van der Waals surface area contributed by atoms with E-state index in [1.165, 1.54) is 18.1 Å². The van der Waals surface area contributed by atoms with Gasteiger partial charge in [-0.25, -0.2) is 4.39 Å². The molecule has 52 heavy (non-hydrogen) atoms. The summed E-state index contributed by atoms with van der Waals surface area (Å²) in [6.45, 7) is 5.58. The van der Waals surface area contributed by atoms with E-state index < -0.39 is 41.1 Å². The van der Waals surface area contributed by atoms with Crippen LogP contribution in [-0.2, 0) is 20.6 Å². The number of rotatable bonds is 10. The van der Waals surface area contributed by atoms with E-state index in [4.69, 9.17) is 4.74 Å². The summed E-state index contributed by atoms with van der Waals surface area (Å²) in [6.07, 6.45) is -0.616. The fourth-order valence-electron chi connectivity index (χ4n) is 9.06. The number of carboxylic acid groups (broad SMARTS) is 1. The Morgan fingerprint density at radius 1 is 0.942 bits per heavy atom. The van der Waals surface area contributed by atoms with Gasteiger partial charge in [0.05, 0.1) is 25.1 Å². The van der Waals surface area contributed by atoms with Crippen molar-refractivity contribution in [3.05, 3.63) is 59.2 Å². The quantitative estimate of drug-likeness (QED) is 0.292. The van der Waals surface area contributed by atoms with E-state index in [0.29, 0.717) is 61.5 Å². The van der Waals surface area contributed by atoms with Crippen LogP contribution in [0.4, 0.5) is 23.2 Å². The maximum Gasteiger partial charge on any atom is 0.416 e. The molecule has 1 N–H and O–H groups in total. The Morgan fingerprint density at radius 2 is 1.65 bits per heavy atom. The molecule has 284 valence electrons. The number of aliphatic carboxylic acids is 1. The van der Waals surface area contributed by atoms with Crippen LogP contribution in [0.1, 0.15) is 80.9 Å². The molecule has 6 rings (SSSR count). The molecule has 4 fully saturated rings. The number of benzene rings is 2. The molecular weight excluding hydrogens is 680 g/mol. The molecule has 0 aromatic heterocycles. The summed E-state index contributed by atoms with van der Waals surface area (Å²) >= 11 is 0. The Morgan fingerprint density at radius 3 is 2.27 bits per heavy atom. The monoisotopic (exact) mass is 730 g/mol. The average molecular weight is 731 g/mol. The van der Waals surface area contributed by atoms with Crippen molar-refractivity contribution in [3.63, 3.8) is 0 Å². The van der Waals surface area contributed by atoms with Gasteiger partial charge in [-0.3, -0.25) is 19.3 Å². The predicted octanol–water partition coefficient (Wildman–Crippen LogP) is 6.18. The Bertz CT molecular complexity index is 1610. The number of carbonyl (C=O) groups excluding carboxylic acids is 2. The van der Waals surface area contributed by atoms with E-state index in [0.717, 1.165) is 31.4 Å². The fourth-order valence-corrected chi connectivity index (χ4v) is 9.06. The molecule has 0 radical (unpaired) electrons. The van der Waals surface area contributed by atoms with Crippen molar-refractivity contribution in [1.82, 2.24) is 14.7 Å². The van der Waals surface area contributed by atoms with E-state index in [1.807, 2.05) is 16.7 Å². The number of methoxy groups -OCH3 is 1. The number of alkyl halides is 4. The maximum atomic E-state index is 17.8. The lowest BCUT2D eigenvalue weighted by molar-refractivity contribution is -0.144. The lowest BCUT2D eigenvalue weighted by Crippen LogP contribution is -2.50. The minimum absolute atomic E-state index is 0.00972. The summed E-state index contributed by atoms with van der Waals surface area (Å²) in [4.78, 5) is 46.6. The highest BCUT2D eigenvalue weighted by Gasteiger charge is 2.57. The van der Waals surface area contributed by atoms with Crippen molar-refractivity contribution in [1.29, 1.82) is 0 Å². The average Bonchev–Trinajstić information content (AvgIpc) is 3.88. The lowest BCUT2D eigenvalue weighted by atomic mass is 9.84. The zero-order valence-corrected chi connectivity index (χ0v) is 30.2. The third-order valence-electron chi connectivity index (χ3n) is 12.0. The molecule has 0 saturated carbocycles. The molecule has 2 aromatic carbocycles. The van der Waals surface area contributed by atoms with Crippen molar-refractivity contribution in [3.8, 4) is 5.75 Å². The minimum atomic E-state index is -4.58. The van der Waals surface area contributed by atoms with E-state index >= 15 is 4.39 Å². The first-order valence-corrected chi connectivity index (χ1v) is 18.6. The van der Waals surface area contributed by atoms with Crippen LogP contribution in [0.2, 0.25) is 0 Å². The Hall–Kier alpha value is -3.87. The standard InChI is InChI=1S/C39H50F4N4O5/c1-4-25-20-46(21-32(25)31-13-10-28(39(41,42)43)19-34(31)45-17-14-27(15-18-45)36(49)50)37(51)38(40)24-44(23-35(48)47-16-6-7-29(47)5-2)22-33(38)26-8-11-30(52-3)12-9-26/h8-13,19,25,27,29,32-33H,4-7,14-18,20-24H2,1-3H3,(H,49,50)/t25-,29+,32-,33-,38-/m0/s1. The molecule has 4 heterocycles. The molecule has 0 spiro atoms. The van der Waals surface area contributed by atoms with Crippen LogP contribution in [-0.4, -0.2) is 109 Å². The molecule has 0 aliphatic carbocycles. The predicted molar refractivity (Wildman–Crippen MR) is 188 cm³/mol. The highest BCUT2D eigenvalue weighted by Crippen LogP contribution is 2.46. The fraction of sp³-hybridized carbons (Fsp3) is 0.615. The molecule has 4 aliphatic rings. The summed E-state index contributed by atoms with van der Waals surface area (Å²) < 4.78 is 65.0. The summed E-state index contributed by atoms with van der Waals surface area (Å²) in [5.41, 5.74) is -1.48. The van der Waals surface area contributed by atoms with Crippen molar-refractivity contribution >= 4 is 23.5 Å². The zero-order chi connectivity index (χ0) is 37.4. The van der Waals surface area contributed by atoms with Crippen LogP contribution in [0.15, 0.2) is 42.5 Å². The van der Waals surface area contributed by atoms with Gasteiger partial charge in [-0.05, 0) is 73.4 Å². The molecule has 4 saturated heterocycles. The number of likely N-dealkylation sites (tertiary alicyclic amines) is 3. The van der Waals surface area contributed by atoms with Crippen LogP contribution < -0.4 is 9.64 Å². The maximum absolute atomic E-state index is 17.8. The minimum Gasteiger partial charge on any atom is -0.497 e. The van der Waals surface area contributed by atoms with Crippen molar-refractivity contribution in [2.24, 2.45) is 11.8 Å². The molecule has 9 nitrogen and oxygen atoms in total. The van der Waals surface area contributed by atoms with Gasteiger partial charge < -0.3 is 24.5 Å². The van der Waals surface area contributed by atoms with Gasteiger partial charge in [0.2, 0.25) is 11.6 Å². The number of ether oxygens (including phenoxy) is 1. The number of piperidine rings is 1. The van der Waals surface area contributed by atoms with Gasteiger partial charge in [0.15, 0.2) is 0 Å². The molecular formula is C39H50F4N4O5. The van der Waals surface area contributed by atoms with E-state index in [-0.39, 0.29) is 56.5 Å². The van der Waals surface area contributed by atoms with Gasteiger partial charge in [0.25, 0.3) is 5.91 Å². The Labute approximate surface area is 302 Å². The number of hydrogen-bond donors (Lipinski definition) is 1. The summed E-state index contributed by atoms with van der Waals surface area (Å²) in [7, 11) is 1.54. The topological polar surface area (TPSA) is 93.6 Å². The highest BCUT2D eigenvalue weighted by atomic mass is 19.4. The van der Waals surface area contributed by atoms with E-state index in [1.54, 1.807) is 29.2 Å². The van der Waals surface area contributed by atoms with Gasteiger partial charge >= 0.3 is 12.1 Å². The van der Waals surface area contributed by atoms with E-state index in [2.05, 4.69) is 6.92 Å². The van der Waals surface area contributed by atoms with Gasteiger partial charge in [-0.1, -0.05) is 38.5 Å². The second-order valence-corrected chi connectivity index (χ2v) is 15.0. The highest BCUT2D eigenvalue weighted by molar-refractivity contribution is 5.88. The zero-order valence-electron chi connectivity index (χ0n) is 30.2. The number of anilines is 1. The largest absolute Gasteiger partial charge is 0.497 e. The number of nitrogens with zero attached hydrogens (tertiary/aromatic N) is 4. The summed E-state index contributed by atoms with van der Waals surface area (Å²) in [6, 6.07) is 10.8. The molecule has 0 bridgehead atoms. The van der Waals surface area contributed by atoms with Crippen LogP contribution >= 0.6 is 0 Å². The first-order chi connectivity index (χ1) is 24.8. The molecule has 2 aromatic rings. The Kier molecular flexibility index (Phi) is 11.1. The van der Waals surface area contributed by atoms with Crippen molar-refractivity contribution in [2.45, 2.75) is 82.1 Å². The SMILES string of the molecule is CC[C@H]1CN(C(=O)[C@]2(F)CN(CC(=O)N3CCC[C@H]3CC)C[C@H]2c2ccc(OC)cc2)C[C@@H]1c1ccc(C(F)(F)F)cc1N1CCC(C(=O)O)CC1. The van der Waals surface area contributed by atoms with Gasteiger partial charge in [0, 0.05) is 69.4 Å². The Balaban J connectivity index is 1.28. The molecule has 13 heteroatoms. The molecule has 2 amide bonds. The van der Waals surface area contributed by atoms with Crippen LogP contribution in [0, 0.1) is 11.8 Å². The first-order valence-electron chi connectivity index (χ1n) is 18.6. The third kappa shape index (κ3) is 7.47. The number of halogens is 4. The number of amides is 2. The molecule has 0 unspecified atom stereocenters. The third-order valence-corrected chi connectivity index (χ3v) is 12.0. The first kappa shape index (κ1) is 37.9. The van der Waals surface area contributed by atoms with Gasteiger partial charge in [-0.2, -0.15) is 13.2 Å². The van der Waals surface area contributed by atoms with Crippen molar-refractivity contribution < 1.29 is 41.8 Å². The summed E-state index contributed by atoms with van der Waals surface area (Å²) in [5, 5.41) is 9.51. The van der Waals surface area contributed by atoms with E-state index in [9.17, 15) is 32.7 Å².